The second-order valence-corrected chi connectivity index (χ2v) is 4.03. The smallest absolute Gasteiger partial charge is 0.167 e. The minimum absolute atomic E-state index is 0.547. The van der Waals surface area contributed by atoms with Crippen LogP contribution >= 0.6 is 0 Å². The topological polar surface area (TPSA) is 45.8 Å². The van der Waals surface area contributed by atoms with E-state index in [-0.39, 0.29) is 0 Å². The number of hydrogen-bond donors (Lipinski definition) is 1. The fourth-order valence-corrected chi connectivity index (χ4v) is 2.17. The summed E-state index contributed by atoms with van der Waals surface area (Å²) in [4.78, 5) is 17.8. The van der Waals surface area contributed by atoms with Gasteiger partial charge in [0.25, 0.3) is 0 Å². The van der Waals surface area contributed by atoms with Crippen LogP contribution in [0, 0.1) is 0 Å². The largest absolute Gasteiger partial charge is 0.340 e. The Bertz CT molecular complexity index is 298. The number of carbonyl (C=O) groups is 1. The Morgan fingerprint density at radius 1 is 1.29 bits per heavy atom. The van der Waals surface area contributed by atoms with E-state index in [1.54, 1.807) is 6.20 Å². The molecule has 1 heterocycles. The highest BCUT2D eigenvalue weighted by molar-refractivity contribution is 5.71. The molecule has 76 valence electrons. The highest BCUT2D eigenvalue weighted by atomic mass is 16.1. The summed E-state index contributed by atoms with van der Waals surface area (Å²) in [7, 11) is 0. The SMILES string of the molecule is O=Cc1cnc(C2CCCCCC2)[nH]1. The van der Waals surface area contributed by atoms with E-state index < -0.39 is 0 Å². The Balaban J connectivity index is 2.08. The van der Waals surface area contributed by atoms with E-state index in [1.165, 1.54) is 38.5 Å². The molecule has 0 aromatic carbocycles. The molecule has 0 saturated heterocycles. The van der Waals surface area contributed by atoms with Gasteiger partial charge in [0.2, 0.25) is 0 Å². The maximum absolute atomic E-state index is 10.5. The van der Waals surface area contributed by atoms with Crippen molar-refractivity contribution in [2.45, 2.75) is 44.4 Å². The van der Waals surface area contributed by atoms with E-state index in [2.05, 4.69) is 9.97 Å². The van der Waals surface area contributed by atoms with Crippen LogP contribution in [-0.4, -0.2) is 16.3 Å². The number of rotatable bonds is 2. The van der Waals surface area contributed by atoms with Crippen LogP contribution in [-0.2, 0) is 0 Å². The molecule has 0 amide bonds. The van der Waals surface area contributed by atoms with Crippen LogP contribution < -0.4 is 0 Å². The first kappa shape index (κ1) is 9.44. The monoisotopic (exact) mass is 192 g/mol. The number of hydrogen-bond acceptors (Lipinski definition) is 2. The summed E-state index contributed by atoms with van der Waals surface area (Å²) in [6.07, 6.45) is 10.2. The average molecular weight is 192 g/mol. The first-order chi connectivity index (χ1) is 6.90. The molecule has 3 nitrogen and oxygen atoms in total. The number of aromatic nitrogens is 2. The van der Waals surface area contributed by atoms with Gasteiger partial charge >= 0.3 is 0 Å². The van der Waals surface area contributed by atoms with Crippen LogP contribution in [0.5, 0.6) is 0 Å². The molecule has 0 atom stereocenters. The minimum Gasteiger partial charge on any atom is -0.340 e. The highest BCUT2D eigenvalue weighted by Crippen LogP contribution is 2.29. The fraction of sp³-hybridized carbons (Fsp3) is 0.636. The molecule has 0 radical (unpaired) electrons. The molecule has 2 rings (SSSR count). The number of H-pyrrole nitrogens is 1. The maximum atomic E-state index is 10.5. The number of carbonyl (C=O) groups excluding carboxylic acids is 1. The Labute approximate surface area is 83.9 Å². The molecule has 3 heteroatoms. The molecule has 0 spiro atoms. The van der Waals surface area contributed by atoms with Crippen LogP contribution in [0.25, 0.3) is 0 Å². The Morgan fingerprint density at radius 2 is 2.00 bits per heavy atom. The molecule has 1 N–H and O–H groups in total. The number of nitrogens with one attached hydrogen (secondary N) is 1. The third-order valence-electron chi connectivity index (χ3n) is 2.98. The van der Waals surface area contributed by atoms with Crippen molar-refractivity contribution < 1.29 is 4.79 Å². The van der Waals surface area contributed by atoms with E-state index in [4.69, 9.17) is 0 Å². The van der Waals surface area contributed by atoms with Crippen molar-refractivity contribution in [3.63, 3.8) is 0 Å². The molecule has 1 aromatic rings. The predicted octanol–water partition coefficient (Wildman–Crippen LogP) is 2.66. The molecule has 14 heavy (non-hydrogen) atoms. The van der Waals surface area contributed by atoms with Crippen molar-refractivity contribution in [1.29, 1.82) is 0 Å². The lowest BCUT2D eigenvalue weighted by molar-refractivity contribution is 0.111. The van der Waals surface area contributed by atoms with Gasteiger partial charge in [0, 0.05) is 5.92 Å². The van der Waals surface area contributed by atoms with Crippen LogP contribution in [0.1, 0.15) is 60.8 Å². The van der Waals surface area contributed by atoms with Crippen LogP contribution in [0.2, 0.25) is 0 Å². The second kappa shape index (κ2) is 4.40. The third kappa shape index (κ3) is 2.03. The van der Waals surface area contributed by atoms with Crippen LogP contribution in [0.3, 0.4) is 0 Å². The molecule has 0 aliphatic heterocycles. The van der Waals surface area contributed by atoms with E-state index in [1.807, 2.05) is 0 Å². The maximum Gasteiger partial charge on any atom is 0.167 e. The first-order valence-corrected chi connectivity index (χ1v) is 5.40. The lowest BCUT2D eigenvalue weighted by Crippen LogP contribution is -1.99. The zero-order valence-electron chi connectivity index (χ0n) is 8.33. The third-order valence-corrected chi connectivity index (χ3v) is 2.98. The van der Waals surface area contributed by atoms with Gasteiger partial charge in [-0.1, -0.05) is 25.7 Å². The van der Waals surface area contributed by atoms with Gasteiger partial charge < -0.3 is 4.98 Å². The number of aldehydes is 1. The van der Waals surface area contributed by atoms with E-state index in [0.717, 1.165) is 12.1 Å². The van der Waals surface area contributed by atoms with Gasteiger partial charge in [-0.15, -0.1) is 0 Å². The zero-order chi connectivity index (χ0) is 9.80. The summed E-state index contributed by atoms with van der Waals surface area (Å²) in [5.41, 5.74) is 0.601. The molecule has 1 saturated carbocycles. The van der Waals surface area contributed by atoms with Crippen molar-refractivity contribution in [3.8, 4) is 0 Å². The second-order valence-electron chi connectivity index (χ2n) is 4.03. The number of nitrogens with zero attached hydrogens (tertiary/aromatic N) is 1. The van der Waals surface area contributed by atoms with E-state index >= 15 is 0 Å². The normalized spacial score (nSPS) is 19.1. The molecule has 1 fully saturated rings. The molecular formula is C11H16N2O. The number of imidazole rings is 1. The van der Waals surface area contributed by atoms with Crippen molar-refractivity contribution >= 4 is 6.29 Å². The number of aromatic amines is 1. The summed E-state index contributed by atoms with van der Waals surface area (Å²) in [6, 6.07) is 0. The lowest BCUT2D eigenvalue weighted by atomic mass is 10.00. The van der Waals surface area contributed by atoms with E-state index in [9.17, 15) is 4.79 Å². The van der Waals surface area contributed by atoms with Gasteiger partial charge in [-0.05, 0) is 12.8 Å². The molecule has 0 bridgehead atoms. The Kier molecular flexibility index (Phi) is 2.96. The lowest BCUT2D eigenvalue weighted by Gasteiger charge is -2.09. The Morgan fingerprint density at radius 3 is 2.57 bits per heavy atom. The molecule has 1 aromatic heterocycles. The van der Waals surface area contributed by atoms with Gasteiger partial charge in [0.05, 0.1) is 11.9 Å². The van der Waals surface area contributed by atoms with Gasteiger partial charge in [-0.25, -0.2) is 4.98 Å². The molecule has 0 unspecified atom stereocenters. The van der Waals surface area contributed by atoms with Gasteiger partial charge in [-0.3, -0.25) is 4.79 Å². The van der Waals surface area contributed by atoms with Crippen LogP contribution in [0.15, 0.2) is 6.20 Å². The molecule has 1 aliphatic rings. The van der Waals surface area contributed by atoms with Crippen molar-refractivity contribution in [1.82, 2.24) is 9.97 Å². The Hall–Kier alpha value is -1.12. The predicted molar refractivity (Wildman–Crippen MR) is 54.4 cm³/mol. The average Bonchev–Trinajstić information content (AvgIpc) is 2.53. The van der Waals surface area contributed by atoms with Gasteiger partial charge in [0.1, 0.15) is 5.82 Å². The van der Waals surface area contributed by atoms with Crippen LogP contribution in [0.4, 0.5) is 0 Å². The standard InChI is InChI=1S/C11H16N2O/c14-8-10-7-12-11(13-10)9-5-3-1-2-4-6-9/h7-9H,1-6H2,(H,12,13). The van der Waals surface area contributed by atoms with Crippen molar-refractivity contribution in [2.75, 3.05) is 0 Å². The highest BCUT2D eigenvalue weighted by Gasteiger charge is 2.16. The van der Waals surface area contributed by atoms with Crippen molar-refractivity contribution in [2.24, 2.45) is 0 Å². The van der Waals surface area contributed by atoms with Gasteiger partial charge in [-0.2, -0.15) is 0 Å². The summed E-state index contributed by atoms with van der Waals surface area (Å²) in [5.74, 6) is 1.56. The summed E-state index contributed by atoms with van der Waals surface area (Å²) in [5, 5.41) is 0. The summed E-state index contributed by atoms with van der Waals surface area (Å²) in [6.45, 7) is 0. The summed E-state index contributed by atoms with van der Waals surface area (Å²) >= 11 is 0. The fourth-order valence-electron chi connectivity index (χ4n) is 2.17. The molecule has 1 aliphatic carbocycles. The zero-order valence-corrected chi connectivity index (χ0v) is 8.33. The van der Waals surface area contributed by atoms with E-state index in [0.29, 0.717) is 11.6 Å². The molecular weight excluding hydrogens is 176 g/mol. The first-order valence-electron chi connectivity index (χ1n) is 5.40. The quantitative estimate of drug-likeness (QED) is 0.578. The summed E-state index contributed by atoms with van der Waals surface area (Å²) < 4.78 is 0. The van der Waals surface area contributed by atoms with Crippen molar-refractivity contribution in [3.05, 3.63) is 17.7 Å². The minimum atomic E-state index is 0.547. The van der Waals surface area contributed by atoms with Gasteiger partial charge in [0.15, 0.2) is 6.29 Å².